The van der Waals surface area contributed by atoms with Crippen LogP contribution in [0.2, 0.25) is 0 Å². The van der Waals surface area contributed by atoms with E-state index in [1.54, 1.807) is 43.1 Å². The van der Waals surface area contributed by atoms with Gasteiger partial charge in [0.1, 0.15) is 11.8 Å². The lowest BCUT2D eigenvalue weighted by Gasteiger charge is -2.18. The molecule has 1 heterocycles. The molecule has 1 atom stereocenters. The smallest absolute Gasteiger partial charge is 0.251 e. The van der Waals surface area contributed by atoms with Gasteiger partial charge < -0.3 is 24.8 Å². The number of carbonyl (C=O) groups is 2. The Morgan fingerprint density at radius 3 is 2.62 bits per heavy atom. The molecular weight excluding hydrogens is 392 g/mol. The molecule has 7 nitrogen and oxygen atoms in total. The minimum atomic E-state index is -0.619. The van der Waals surface area contributed by atoms with Crippen molar-refractivity contribution in [3.05, 3.63) is 53.6 Å². The van der Waals surface area contributed by atoms with Gasteiger partial charge in [0.05, 0.1) is 7.11 Å². The molecule has 3 rings (SSSR count). The second-order valence-electron chi connectivity index (χ2n) is 6.44. The fourth-order valence-electron chi connectivity index (χ4n) is 2.85. The van der Waals surface area contributed by atoms with Gasteiger partial charge in [0.25, 0.3) is 5.91 Å². The van der Waals surface area contributed by atoms with Crippen LogP contribution in [0.5, 0.6) is 17.2 Å². The van der Waals surface area contributed by atoms with Crippen LogP contribution < -0.4 is 24.8 Å². The third kappa shape index (κ3) is 5.57. The van der Waals surface area contributed by atoms with E-state index in [1.165, 1.54) is 0 Å². The Labute approximate surface area is 174 Å². The number of hydrogen-bond donors (Lipinski definition) is 2. The SMILES string of the molecule is COc1ccc(C(=O)N[C@H](CCSC)C(=O)NCc2ccc3c(c2)OCO3)cc1. The van der Waals surface area contributed by atoms with Crippen LogP contribution >= 0.6 is 11.8 Å². The molecule has 0 saturated heterocycles. The van der Waals surface area contributed by atoms with Crippen LogP contribution in [0.4, 0.5) is 0 Å². The highest BCUT2D eigenvalue weighted by Gasteiger charge is 2.21. The first-order chi connectivity index (χ1) is 14.1. The number of carbonyl (C=O) groups excluding carboxylic acids is 2. The lowest BCUT2D eigenvalue weighted by atomic mass is 10.1. The van der Waals surface area contributed by atoms with E-state index >= 15 is 0 Å². The van der Waals surface area contributed by atoms with E-state index in [2.05, 4.69) is 10.6 Å². The van der Waals surface area contributed by atoms with Gasteiger partial charge in [-0.1, -0.05) is 6.07 Å². The molecule has 0 fully saturated rings. The average molecular weight is 416 g/mol. The fraction of sp³-hybridized carbons (Fsp3) is 0.333. The highest BCUT2D eigenvalue weighted by Crippen LogP contribution is 2.32. The molecule has 2 amide bonds. The quantitative estimate of drug-likeness (QED) is 0.654. The van der Waals surface area contributed by atoms with Crippen molar-refractivity contribution >= 4 is 23.6 Å². The lowest BCUT2D eigenvalue weighted by Crippen LogP contribution is -2.46. The predicted octanol–water partition coefficient (Wildman–Crippen LogP) is 2.59. The maximum atomic E-state index is 12.7. The Hall–Kier alpha value is -2.87. The minimum Gasteiger partial charge on any atom is -0.497 e. The fourth-order valence-corrected chi connectivity index (χ4v) is 3.32. The van der Waals surface area contributed by atoms with Crippen molar-refractivity contribution in [2.75, 3.05) is 25.9 Å². The number of methoxy groups -OCH3 is 1. The molecule has 2 aromatic carbocycles. The minimum absolute atomic E-state index is 0.208. The number of rotatable bonds is 9. The zero-order valence-electron chi connectivity index (χ0n) is 16.4. The molecule has 0 aromatic heterocycles. The van der Waals surface area contributed by atoms with Gasteiger partial charge in [-0.2, -0.15) is 11.8 Å². The summed E-state index contributed by atoms with van der Waals surface area (Å²) in [5, 5.41) is 5.73. The second kappa shape index (κ2) is 10.1. The topological polar surface area (TPSA) is 85.9 Å². The highest BCUT2D eigenvalue weighted by molar-refractivity contribution is 7.98. The van der Waals surface area contributed by atoms with Crippen molar-refractivity contribution in [1.82, 2.24) is 10.6 Å². The van der Waals surface area contributed by atoms with E-state index in [0.29, 0.717) is 35.8 Å². The summed E-state index contributed by atoms with van der Waals surface area (Å²) in [6.07, 6.45) is 2.50. The van der Waals surface area contributed by atoms with Crippen LogP contribution in [0.3, 0.4) is 0 Å². The van der Waals surface area contributed by atoms with Gasteiger partial charge >= 0.3 is 0 Å². The first kappa shape index (κ1) is 20.9. The number of amides is 2. The summed E-state index contributed by atoms with van der Waals surface area (Å²) < 4.78 is 15.8. The van der Waals surface area contributed by atoms with Crippen molar-refractivity contribution in [2.24, 2.45) is 0 Å². The van der Waals surface area contributed by atoms with Gasteiger partial charge in [-0.15, -0.1) is 0 Å². The first-order valence-electron chi connectivity index (χ1n) is 9.21. The maximum absolute atomic E-state index is 12.7. The molecule has 2 aromatic rings. The number of fused-ring (bicyclic) bond motifs is 1. The van der Waals surface area contributed by atoms with E-state index in [-0.39, 0.29) is 18.6 Å². The van der Waals surface area contributed by atoms with Gasteiger partial charge in [0.15, 0.2) is 11.5 Å². The largest absolute Gasteiger partial charge is 0.497 e. The van der Waals surface area contributed by atoms with Gasteiger partial charge in [-0.25, -0.2) is 0 Å². The van der Waals surface area contributed by atoms with E-state index in [4.69, 9.17) is 14.2 Å². The van der Waals surface area contributed by atoms with Gasteiger partial charge in [-0.3, -0.25) is 9.59 Å². The van der Waals surface area contributed by atoms with Crippen molar-refractivity contribution in [3.8, 4) is 17.2 Å². The Morgan fingerprint density at radius 2 is 1.90 bits per heavy atom. The molecule has 2 N–H and O–H groups in total. The van der Waals surface area contributed by atoms with Gasteiger partial charge in [0.2, 0.25) is 12.7 Å². The molecule has 154 valence electrons. The summed E-state index contributed by atoms with van der Waals surface area (Å²) in [5.41, 5.74) is 1.37. The summed E-state index contributed by atoms with van der Waals surface area (Å²) in [6, 6.07) is 11.7. The van der Waals surface area contributed by atoms with E-state index in [0.717, 1.165) is 11.3 Å². The van der Waals surface area contributed by atoms with Crippen molar-refractivity contribution in [1.29, 1.82) is 0 Å². The third-order valence-electron chi connectivity index (χ3n) is 4.49. The first-order valence-corrected chi connectivity index (χ1v) is 10.6. The molecule has 1 aliphatic rings. The van der Waals surface area contributed by atoms with Gasteiger partial charge in [0, 0.05) is 12.1 Å². The zero-order chi connectivity index (χ0) is 20.6. The van der Waals surface area contributed by atoms with Crippen LogP contribution in [-0.4, -0.2) is 43.8 Å². The molecule has 0 spiro atoms. The Morgan fingerprint density at radius 1 is 1.14 bits per heavy atom. The molecule has 0 unspecified atom stereocenters. The molecule has 0 aliphatic carbocycles. The summed E-state index contributed by atoms with van der Waals surface area (Å²) >= 11 is 1.62. The molecular formula is C21H24N2O5S. The molecule has 0 saturated carbocycles. The Kier molecular flexibility index (Phi) is 7.24. The Bertz CT molecular complexity index is 857. The maximum Gasteiger partial charge on any atom is 0.251 e. The lowest BCUT2D eigenvalue weighted by molar-refractivity contribution is -0.123. The van der Waals surface area contributed by atoms with Crippen LogP contribution in [0.1, 0.15) is 22.3 Å². The monoisotopic (exact) mass is 416 g/mol. The molecule has 8 heteroatoms. The normalized spacial score (nSPS) is 12.9. The number of ether oxygens (including phenoxy) is 3. The number of thioether (sulfide) groups is 1. The van der Waals surface area contributed by atoms with Crippen LogP contribution in [-0.2, 0) is 11.3 Å². The van der Waals surface area contributed by atoms with Crippen LogP contribution in [0, 0.1) is 0 Å². The molecule has 29 heavy (non-hydrogen) atoms. The molecule has 1 aliphatic heterocycles. The zero-order valence-corrected chi connectivity index (χ0v) is 17.2. The number of nitrogens with one attached hydrogen (secondary N) is 2. The summed E-state index contributed by atoms with van der Waals surface area (Å²) in [7, 11) is 1.57. The van der Waals surface area contributed by atoms with E-state index < -0.39 is 6.04 Å². The number of benzene rings is 2. The summed E-state index contributed by atoms with van der Waals surface area (Å²) in [4.78, 5) is 25.3. The molecule has 0 bridgehead atoms. The van der Waals surface area contributed by atoms with Crippen molar-refractivity contribution < 1.29 is 23.8 Å². The van der Waals surface area contributed by atoms with Crippen LogP contribution in [0.25, 0.3) is 0 Å². The van der Waals surface area contributed by atoms with Gasteiger partial charge in [-0.05, 0) is 60.4 Å². The standard InChI is InChI=1S/C21H24N2O5S/c1-26-16-6-4-15(5-7-16)20(24)23-17(9-10-29-2)21(25)22-12-14-3-8-18-19(11-14)28-13-27-18/h3-8,11,17H,9-10,12-13H2,1-2H3,(H,22,25)(H,23,24)/t17-/m1/s1. The summed E-state index contributed by atoms with van der Waals surface area (Å²) in [5.74, 6) is 2.27. The second-order valence-corrected chi connectivity index (χ2v) is 7.43. The van der Waals surface area contributed by atoms with E-state index in [9.17, 15) is 9.59 Å². The predicted molar refractivity (Wildman–Crippen MR) is 112 cm³/mol. The van der Waals surface area contributed by atoms with E-state index in [1.807, 2.05) is 24.5 Å². The Balaban J connectivity index is 1.60. The molecule has 0 radical (unpaired) electrons. The average Bonchev–Trinajstić information content (AvgIpc) is 3.22. The van der Waals surface area contributed by atoms with Crippen molar-refractivity contribution in [2.45, 2.75) is 19.0 Å². The third-order valence-corrected chi connectivity index (χ3v) is 5.13. The number of hydrogen-bond acceptors (Lipinski definition) is 6. The highest BCUT2D eigenvalue weighted by atomic mass is 32.2. The summed E-state index contributed by atoms with van der Waals surface area (Å²) in [6.45, 7) is 0.545. The van der Waals surface area contributed by atoms with Crippen molar-refractivity contribution in [3.63, 3.8) is 0 Å². The van der Waals surface area contributed by atoms with Crippen LogP contribution in [0.15, 0.2) is 42.5 Å².